The van der Waals surface area contributed by atoms with Crippen LogP contribution < -0.4 is 0 Å². The van der Waals surface area contributed by atoms with Gasteiger partial charge in [-0.25, -0.2) is 4.79 Å². The molecule has 0 radical (unpaired) electrons. The maximum Gasteiger partial charge on any atom is 0.361 e. The van der Waals surface area contributed by atoms with Gasteiger partial charge in [-0.15, -0.1) is 0 Å². The van der Waals surface area contributed by atoms with E-state index in [2.05, 4.69) is 135 Å². The van der Waals surface area contributed by atoms with Crippen molar-refractivity contribution < 1.29 is 42.9 Å². The van der Waals surface area contributed by atoms with Gasteiger partial charge in [0.1, 0.15) is 13.2 Å². The average molecular weight is 1270 g/mol. The highest BCUT2D eigenvalue weighted by atomic mass is 16.7. The normalized spacial score (nSPS) is 13.4. The molecule has 0 aliphatic carbocycles. The molecule has 0 saturated carbocycles. The standard InChI is InChI=1S/C82H141NO8/c1-6-8-10-12-14-16-18-20-22-24-26-28-30-32-34-36-38-40-42-44-46-48-50-52-54-56-58-60-62-64-66-68-70-72-79(84)89-76-78(77-90-82(81(86)87)88-75-74-83(3,4)5)91-80(85)73-71-69-67-65-63-61-59-57-55-53-51-49-47-45-43-41-39-37-35-33-31-29-27-25-23-21-19-17-15-13-11-9-7-2/h8-11,14-17,20-23,26-29,32-35,78,82H,6-7,12-13,18-19,24-25,30-31,36-77H2,1-5H3/p+1/b10-8-,11-9-,16-14-,17-15-,22-20-,23-21-,28-26-,29-27-,34-32-,35-33-. The van der Waals surface area contributed by atoms with E-state index in [0.717, 1.165) is 103 Å². The highest BCUT2D eigenvalue weighted by molar-refractivity contribution is 5.71. The molecule has 0 bridgehead atoms. The van der Waals surface area contributed by atoms with Crippen LogP contribution in [0.3, 0.4) is 0 Å². The Morgan fingerprint density at radius 2 is 0.593 bits per heavy atom. The van der Waals surface area contributed by atoms with Crippen LogP contribution in [0.25, 0.3) is 0 Å². The summed E-state index contributed by atoms with van der Waals surface area (Å²) >= 11 is 0. The number of likely N-dealkylation sites (N-methyl/N-ethyl adjacent to an activating group) is 1. The number of carboxylic acids is 1. The van der Waals surface area contributed by atoms with E-state index >= 15 is 0 Å². The van der Waals surface area contributed by atoms with Crippen molar-refractivity contribution in [2.75, 3.05) is 47.5 Å². The van der Waals surface area contributed by atoms with Crippen molar-refractivity contribution in [3.63, 3.8) is 0 Å². The monoisotopic (exact) mass is 1270 g/mol. The molecule has 522 valence electrons. The fraction of sp³-hybridized carbons (Fsp3) is 0.720. The number of ether oxygens (including phenoxy) is 4. The summed E-state index contributed by atoms with van der Waals surface area (Å²) in [6.07, 6.45) is 99.0. The number of unbranched alkanes of at least 4 members (excludes halogenated alkanes) is 34. The van der Waals surface area contributed by atoms with E-state index in [4.69, 9.17) is 18.9 Å². The predicted octanol–water partition coefficient (Wildman–Crippen LogP) is 23.9. The molecule has 0 spiro atoms. The largest absolute Gasteiger partial charge is 0.477 e. The van der Waals surface area contributed by atoms with Gasteiger partial charge in [0.15, 0.2) is 6.10 Å². The summed E-state index contributed by atoms with van der Waals surface area (Å²) in [7, 11) is 5.98. The molecule has 2 atom stereocenters. The number of allylic oxidation sites excluding steroid dienone is 20. The molecule has 0 aliphatic heterocycles. The van der Waals surface area contributed by atoms with E-state index < -0.39 is 24.3 Å². The number of nitrogens with zero attached hydrogens (tertiary/aromatic N) is 1. The third-order valence-electron chi connectivity index (χ3n) is 16.2. The molecule has 0 aliphatic rings. The van der Waals surface area contributed by atoms with Gasteiger partial charge in [-0.2, -0.15) is 0 Å². The van der Waals surface area contributed by atoms with Gasteiger partial charge >= 0.3 is 17.9 Å². The molecular weight excluding hydrogens is 1130 g/mol. The lowest BCUT2D eigenvalue weighted by molar-refractivity contribution is -0.870. The summed E-state index contributed by atoms with van der Waals surface area (Å²) in [6.45, 7) is 4.68. The van der Waals surface area contributed by atoms with Crippen molar-refractivity contribution in [1.82, 2.24) is 0 Å². The van der Waals surface area contributed by atoms with Crippen molar-refractivity contribution in [3.05, 3.63) is 122 Å². The van der Waals surface area contributed by atoms with Crippen LogP contribution in [-0.4, -0.2) is 87.4 Å². The number of hydrogen-bond donors (Lipinski definition) is 1. The van der Waals surface area contributed by atoms with Gasteiger partial charge in [0, 0.05) is 12.8 Å². The van der Waals surface area contributed by atoms with Crippen molar-refractivity contribution in [3.8, 4) is 0 Å². The summed E-state index contributed by atoms with van der Waals surface area (Å²) < 4.78 is 23.0. The number of carbonyl (C=O) groups excluding carboxylic acids is 2. The van der Waals surface area contributed by atoms with Crippen LogP contribution in [0.5, 0.6) is 0 Å². The van der Waals surface area contributed by atoms with Gasteiger partial charge < -0.3 is 28.5 Å². The maximum atomic E-state index is 13.0. The Bertz CT molecular complexity index is 1910. The van der Waals surface area contributed by atoms with E-state index in [1.54, 1.807) is 0 Å². The van der Waals surface area contributed by atoms with Crippen molar-refractivity contribution in [1.29, 1.82) is 0 Å². The number of hydrogen-bond acceptors (Lipinski definition) is 7. The lowest BCUT2D eigenvalue weighted by atomic mass is 10.0. The Kier molecular flexibility index (Phi) is 68.1. The molecule has 0 aromatic rings. The number of rotatable bonds is 69. The molecule has 0 saturated heterocycles. The molecule has 0 aromatic heterocycles. The van der Waals surface area contributed by atoms with Gasteiger partial charge in [-0.3, -0.25) is 9.59 Å². The third kappa shape index (κ3) is 73.0. The quantitative estimate of drug-likeness (QED) is 0.0211. The van der Waals surface area contributed by atoms with Crippen molar-refractivity contribution in [2.45, 2.75) is 334 Å². The maximum absolute atomic E-state index is 13.0. The number of carbonyl (C=O) groups is 3. The van der Waals surface area contributed by atoms with E-state index in [1.165, 1.54) is 193 Å². The van der Waals surface area contributed by atoms with E-state index in [9.17, 15) is 19.5 Å². The first-order chi connectivity index (χ1) is 44.6. The second-order valence-electron chi connectivity index (χ2n) is 26.2. The van der Waals surface area contributed by atoms with Gasteiger partial charge in [-0.05, 0) is 103 Å². The molecule has 91 heavy (non-hydrogen) atoms. The summed E-state index contributed by atoms with van der Waals surface area (Å²) in [5.74, 6) is -1.99. The molecular formula is C82H142NO8+. The molecule has 0 aromatic carbocycles. The first-order valence-corrected chi connectivity index (χ1v) is 37.7. The van der Waals surface area contributed by atoms with Gasteiger partial charge in [0.05, 0.1) is 34.4 Å². The van der Waals surface area contributed by atoms with Crippen molar-refractivity contribution >= 4 is 17.9 Å². The average Bonchev–Trinajstić information content (AvgIpc) is 3.63. The Labute approximate surface area is 561 Å². The lowest BCUT2D eigenvalue weighted by Crippen LogP contribution is -2.40. The highest BCUT2D eigenvalue weighted by Crippen LogP contribution is 2.18. The molecule has 2 unspecified atom stereocenters. The molecule has 0 rings (SSSR count). The van der Waals surface area contributed by atoms with Gasteiger partial charge in [0.25, 0.3) is 6.29 Å². The fourth-order valence-corrected chi connectivity index (χ4v) is 10.5. The minimum atomic E-state index is -1.52. The molecule has 0 amide bonds. The zero-order chi connectivity index (χ0) is 66.1. The molecule has 0 heterocycles. The summed E-state index contributed by atoms with van der Waals surface area (Å²) in [4.78, 5) is 37.7. The Hall–Kier alpha value is -4.31. The van der Waals surface area contributed by atoms with E-state index in [1.807, 2.05) is 21.1 Å². The topological polar surface area (TPSA) is 108 Å². The van der Waals surface area contributed by atoms with Crippen LogP contribution in [0.15, 0.2) is 122 Å². The number of esters is 2. The molecule has 0 fully saturated rings. The van der Waals surface area contributed by atoms with Crippen LogP contribution in [0.1, 0.15) is 322 Å². The summed E-state index contributed by atoms with van der Waals surface area (Å²) in [5, 5.41) is 9.77. The third-order valence-corrected chi connectivity index (χ3v) is 16.2. The van der Waals surface area contributed by atoms with Crippen LogP contribution in [-0.2, 0) is 33.3 Å². The molecule has 9 heteroatoms. The van der Waals surface area contributed by atoms with Crippen LogP contribution >= 0.6 is 0 Å². The van der Waals surface area contributed by atoms with Gasteiger partial charge in [0.2, 0.25) is 0 Å². The number of carboxylic acid groups (broad SMARTS) is 1. The minimum Gasteiger partial charge on any atom is -0.477 e. The number of aliphatic carboxylic acids is 1. The SMILES string of the molecule is CC/C=C\C/C=C\C/C=C\C/C=C\C/C=C\CCCCCCCCCCCCCCCCCCCC(=O)OCC(COC(OCC[N+](C)(C)C)C(=O)O)OC(=O)CCCCCCCCCCCCCCCCCCC/C=C\C/C=C\C/C=C\C/C=C\C/C=C\CC. The first kappa shape index (κ1) is 86.7. The smallest absolute Gasteiger partial charge is 0.361 e. The van der Waals surface area contributed by atoms with Crippen LogP contribution in [0.2, 0.25) is 0 Å². The Morgan fingerprint density at radius 3 is 0.879 bits per heavy atom. The Balaban J connectivity index is 4.06. The van der Waals surface area contributed by atoms with Crippen LogP contribution in [0.4, 0.5) is 0 Å². The van der Waals surface area contributed by atoms with Gasteiger partial charge in [-0.1, -0.05) is 328 Å². The zero-order valence-electron chi connectivity index (χ0n) is 59.7. The zero-order valence-corrected chi connectivity index (χ0v) is 59.7. The van der Waals surface area contributed by atoms with E-state index in [-0.39, 0.29) is 32.2 Å². The van der Waals surface area contributed by atoms with Crippen LogP contribution in [0, 0.1) is 0 Å². The second-order valence-corrected chi connectivity index (χ2v) is 26.2. The van der Waals surface area contributed by atoms with E-state index in [0.29, 0.717) is 17.4 Å². The fourth-order valence-electron chi connectivity index (χ4n) is 10.5. The Morgan fingerprint density at radius 1 is 0.330 bits per heavy atom. The minimum absolute atomic E-state index is 0.183. The predicted molar refractivity (Wildman–Crippen MR) is 391 cm³/mol. The highest BCUT2D eigenvalue weighted by Gasteiger charge is 2.25. The molecule has 9 nitrogen and oxygen atoms in total. The first-order valence-electron chi connectivity index (χ1n) is 37.7. The summed E-state index contributed by atoms with van der Waals surface area (Å²) in [5.41, 5.74) is 0. The summed E-state index contributed by atoms with van der Waals surface area (Å²) in [6, 6.07) is 0. The second kappa shape index (κ2) is 71.5. The lowest BCUT2D eigenvalue weighted by Gasteiger charge is -2.25. The van der Waals surface area contributed by atoms with Crippen molar-refractivity contribution in [2.24, 2.45) is 0 Å². The number of quaternary nitrogens is 1. The molecule has 1 N–H and O–H groups in total.